The molecule has 1 aliphatic rings. The molecule has 1 aromatic carbocycles. The van der Waals surface area contributed by atoms with Crippen LogP contribution in [-0.2, 0) is 12.8 Å². The molecule has 2 N–H and O–H groups in total. The normalized spacial score (nSPS) is 16.3. The van der Waals surface area contributed by atoms with Gasteiger partial charge in [0.25, 0.3) is 0 Å². The maximum atomic E-state index is 5.36. The third-order valence-electron chi connectivity index (χ3n) is 6.31. The van der Waals surface area contributed by atoms with Crippen molar-refractivity contribution >= 4 is 23.7 Å². The third-order valence-corrected chi connectivity index (χ3v) is 7.55. The quantitative estimate of drug-likeness (QED) is 0.157. The van der Waals surface area contributed by atoms with Gasteiger partial charge in [0, 0.05) is 38.0 Å². The fraction of sp³-hybridized carbons (Fsp3) is 0.452. The molecule has 0 heterocycles. The molecule has 36 heavy (non-hydrogen) atoms. The minimum Gasteiger partial charge on any atom is -0.405 e. The summed E-state index contributed by atoms with van der Waals surface area (Å²) in [5, 5.41) is 0. The summed E-state index contributed by atoms with van der Waals surface area (Å²) in [6.45, 7) is 11.3. The van der Waals surface area contributed by atoms with Gasteiger partial charge in [-0.25, -0.2) is 0 Å². The van der Waals surface area contributed by atoms with E-state index in [1.807, 2.05) is 17.8 Å². The highest BCUT2D eigenvalue weighted by Gasteiger charge is 2.11. The van der Waals surface area contributed by atoms with Gasteiger partial charge in [-0.2, -0.15) is 0 Å². The molecule has 1 aromatic rings. The fourth-order valence-electron chi connectivity index (χ4n) is 4.19. The van der Waals surface area contributed by atoms with Crippen molar-refractivity contribution in [2.24, 2.45) is 10.7 Å². The number of likely N-dealkylation sites (N-methyl/N-ethyl adjacent to an activating group) is 1. The molecule has 0 spiro atoms. The van der Waals surface area contributed by atoms with Crippen LogP contribution < -0.4 is 10.6 Å². The van der Waals surface area contributed by atoms with Gasteiger partial charge in [0.1, 0.15) is 0 Å². The van der Waals surface area contributed by atoms with E-state index in [0.29, 0.717) is 0 Å². The minimum absolute atomic E-state index is 0.225. The van der Waals surface area contributed by atoms with E-state index in [1.54, 1.807) is 12.3 Å². The summed E-state index contributed by atoms with van der Waals surface area (Å²) in [5.41, 5.74) is 11.0. The van der Waals surface area contributed by atoms with Crippen molar-refractivity contribution in [2.75, 3.05) is 44.4 Å². The molecular weight excluding hydrogens is 460 g/mol. The Hall–Kier alpha value is -2.50. The number of anilines is 1. The van der Waals surface area contributed by atoms with Crippen molar-refractivity contribution in [3.8, 4) is 0 Å². The molecule has 1 atom stereocenters. The standard InChI is InChI=1S/C31H46N4S/c1-6-20-35(22-21-34(4)5)30-17-14-28(27(7-2)25-30)11-9-23-36-31(8-3)24-26-12-15-29(16-13-26)33-19-10-18-32/h6,8,10,12-15,17-19,25,29H,1,7,9,11,16,20-24,32H2,2-5H3/b18-10?,31-8-,33-19?. The highest BCUT2D eigenvalue weighted by atomic mass is 32.2. The topological polar surface area (TPSA) is 44.9 Å². The van der Waals surface area contributed by atoms with Crippen LogP contribution in [0.2, 0.25) is 0 Å². The van der Waals surface area contributed by atoms with Gasteiger partial charge in [-0.05, 0) is 98.5 Å². The number of rotatable bonds is 16. The summed E-state index contributed by atoms with van der Waals surface area (Å²) in [7, 11) is 4.25. The van der Waals surface area contributed by atoms with Gasteiger partial charge >= 0.3 is 0 Å². The summed E-state index contributed by atoms with van der Waals surface area (Å²) >= 11 is 2.00. The van der Waals surface area contributed by atoms with E-state index >= 15 is 0 Å². The van der Waals surface area contributed by atoms with Crippen molar-refractivity contribution in [1.29, 1.82) is 0 Å². The van der Waals surface area contributed by atoms with E-state index in [9.17, 15) is 0 Å². The first kappa shape index (κ1) is 29.7. The lowest BCUT2D eigenvalue weighted by Crippen LogP contribution is -2.31. The van der Waals surface area contributed by atoms with E-state index in [1.165, 1.54) is 39.9 Å². The number of hydrogen-bond acceptors (Lipinski definition) is 5. The molecule has 196 valence electrons. The van der Waals surface area contributed by atoms with Crippen molar-refractivity contribution < 1.29 is 0 Å². The van der Waals surface area contributed by atoms with Gasteiger partial charge < -0.3 is 15.5 Å². The Morgan fingerprint density at radius 2 is 2.08 bits per heavy atom. The molecule has 0 aliphatic heterocycles. The van der Waals surface area contributed by atoms with E-state index in [0.717, 1.165) is 51.1 Å². The largest absolute Gasteiger partial charge is 0.405 e. The molecule has 5 heteroatoms. The number of allylic oxidation sites excluding steroid dienone is 5. The van der Waals surface area contributed by atoms with Gasteiger partial charge in [-0.1, -0.05) is 43.4 Å². The van der Waals surface area contributed by atoms with E-state index in [4.69, 9.17) is 5.73 Å². The molecule has 0 radical (unpaired) electrons. The van der Waals surface area contributed by atoms with Crippen LogP contribution in [0.1, 0.15) is 44.2 Å². The smallest absolute Gasteiger partial charge is 0.0717 e. The van der Waals surface area contributed by atoms with Gasteiger partial charge in [0.15, 0.2) is 0 Å². The van der Waals surface area contributed by atoms with Crippen LogP contribution in [0.4, 0.5) is 5.69 Å². The Morgan fingerprint density at radius 3 is 2.72 bits per heavy atom. The first-order valence-corrected chi connectivity index (χ1v) is 14.2. The summed E-state index contributed by atoms with van der Waals surface area (Å²) in [5.74, 6) is 1.14. The van der Waals surface area contributed by atoms with Gasteiger partial charge in [-0.15, -0.1) is 18.3 Å². The fourth-order valence-corrected chi connectivity index (χ4v) is 5.18. The average Bonchev–Trinajstić information content (AvgIpc) is 2.89. The molecule has 0 bridgehead atoms. The van der Waals surface area contributed by atoms with Gasteiger partial charge in [0.05, 0.1) is 6.04 Å². The van der Waals surface area contributed by atoms with E-state index in [2.05, 4.69) is 91.8 Å². The molecule has 0 amide bonds. The van der Waals surface area contributed by atoms with Crippen molar-refractivity contribution in [1.82, 2.24) is 4.90 Å². The Balaban J connectivity index is 1.85. The van der Waals surface area contributed by atoms with Crippen molar-refractivity contribution in [2.45, 2.75) is 52.0 Å². The van der Waals surface area contributed by atoms with E-state index < -0.39 is 0 Å². The zero-order chi connectivity index (χ0) is 26.2. The Labute approximate surface area is 224 Å². The number of aryl methyl sites for hydroxylation is 2. The van der Waals surface area contributed by atoms with Crippen LogP contribution in [0.5, 0.6) is 0 Å². The lowest BCUT2D eigenvalue weighted by Gasteiger charge is -2.26. The minimum atomic E-state index is 0.225. The number of aliphatic imine (C=N–C) groups is 1. The van der Waals surface area contributed by atoms with Crippen LogP contribution in [-0.4, -0.2) is 56.6 Å². The molecule has 0 fully saturated rings. The van der Waals surface area contributed by atoms with Crippen LogP contribution in [0, 0.1) is 0 Å². The number of thioether (sulfide) groups is 1. The van der Waals surface area contributed by atoms with E-state index in [-0.39, 0.29) is 6.04 Å². The Kier molecular flexibility index (Phi) is 14.1. The second-order valence-corrected chi connectivity index (χ2v) is 10.6. The van der Waals surface area contributed by atoms with Crippen LogP contribution in [0.3, 0.4) is 0 Å². The third kappa shape index (κ3) is 10.6. The molecule has 2 rings (SSSR count). The second-order valence-electron chi connectivity index (χ2n) is 9.35. The first-order chi connectivity index (χ1) is 17.5. The predicted molar refractivity (Wildman–Crippen MR) is 163 cm³/mol. The summed E-state index contributed by atoms with van der Waals surface area (Å²) in [6, 6.07) is 7.26. The highest BCUT2D eigenvalue weighted by Crippen LogP contribution is 2.28. The summed E-state index contributed by atoms with van der Waals surface area (Å²) in [4.78, 5) is 10.6. The number of nitrogens with zero attached hydrogens (tertiary/aromatic N) is 3. The predicted octanol–water partition coefficient (Wildman–Crippen LogP) is 6.56. The summed E-state index contributed by atoms with van der Waals surface area (Å²) < 4.78 is 0. The van der Waals surface area contributed by atoms with Crippen LogP contribution in [0.15, 0.2) is 82.9 Å². The van der Waals surface area contributed by atoms with Crippen molar-refractivity contribution in [3.63, 3.8) is 0 Å². The van der Waals surface area contributed by atoms with Crippen LogP contribution >= 0.6 is 11.8 Å². The number of hydrogen-bond donors (Lipinski definition) is 1. The maximum Gasteiger partial charge on any atom is 0.0717 e. The van der Waals surface area contributed by atoms with Crippen molar-refractivity contribution in [3.05, 3.63) is 89.0 Å². The molecule has 0 aromatic heterocycles. The SMILES string of the molecule is C=CCN(CCN(C)C)c1ccc(CCCS/C(=C\C)CC2=CCC(N=CC=CN)C=C2)c(CC)c1. The number of nitrogens with two attached hydrogens (primary N) is 1. The molecular formula is C31H46N4S. The Bertz CT molecular complexity index is 955. The zero-order valence-electron chi connectivity index (χ0n) is 22.8. The zero-order valence-corrected chi connectivity index (χ0v) is 23.6. The lowest BCUT2D eigenvalue weighted by molar-refractivity contribution is 0.415. The summed E-state index contributed by atoms with van der Waals surface area (Å²) in [6.07, 6.45) is 21.4. The maximum absolute atomic E-state index is 5.36. The average molecular weight is 507 g/mol. The second kappa shape index (κ2) is 17.0. The molecule has 1 unspecified atom stereocenters. The van der Waals surface area contributed by atoms with Gasteiger partial charge in [0.2, 0.25) is 0 Å². The Morgan fingerprint density at radius 1 is 1.25 bits per heavy atom. The van der Waals surface area contributed by atoms with Gasteiger partial charge in [-0.3, -0.25) is 4.99 Å². The van der Waals surface area contributed by atoms with Crippen LogP contribution in [0.25, 0.3) is 0 Å². The number of benzene rings is 1. The lowest BCUT2D eigenvalue weighted by atomic mass is 10.00. The molecule has 1 aliphatic carbocycles. The highest BCUT2D eigenvalue weighted by molar-refractivity contribution is 8.03. The first-order valence-electron chi connectivity index (χ1n) is 13.2. The monoisotopic (exact) mass is 506 g/mol. The molecule has 0 saturated carbocycles. The molecule has 4 nitrogen and oxygen atoms in total. The molecule has 0 saturated heterocycles.